The molecule has 2 bridgehead atoms. The highest BCUT2D eigenvalue weighted by Gasteiger charge is 2.67. The predicted octanol–water partition coefficient (Wildman–Crippen LogP) is 3.51. The minimum Gasteiger partial charge on any atom is -0.426 e. The average molecular weight is 483 g/mol. The Morgan fingerprint density at radius 3 is 2.25 bits per heavy atom. The van der Waals surface area contributed by atoms with Crippen LogP contribution in [0, 0.1) is 48.3 Å². The summed E-state index contributed by atoms with van der Waals surface area (Å²) in [6, 6.07) is 14.2. The molecule has 36 heavy (non-hydrogen) atoms. The minimum absolute atomic E-state index is 0.0804. The van der Waals surface area contributed by atoms with Gasteiger partial charge in [0.25, 0.3) is 0 Å². The molecule has 7 heteroatoms. The van der Waals surface area contributed by atoms with Crippen molar-refractivity contribution in [2.24, 2.45) is 41.4 Å². The van der Waals surface area contributed by atoms with Gasteiger partial charge in [-0.2, -0.15) is 0 Å². The van der Waals surface area contributed by atoms with E-state index in [-0.39, 0.29) is 60.1 Å². The molecule has 4 aliphatic carbocycles. The van der Waals surface area contributed by atoms with E-state index in [1.807, 2.05) is 31.2 Å². The van der Waals surface area contributed by atoms with Gasteiger partial charge in [0.1, 0.15) is 5.75 Å². The number of anilines is 2. The zero-order valence-electron chi connectivity index (χ0n) is 19.9. The monoisotopic (exact) mass is 482 g/mol. The Bertz CT molecular complexity index is 1330. The van der Waals surface area contributed by atoms with Crippen LogP contribution in [0.2, 0.25) is 0 Å². The summed E-state index contributed by atoms with van der Waals surface area (Å²) in [5.41, 5.74) is 2.24. The van der Waals surface area contributed by atoms with Crippen LogP contribution < -0.4 is 14.5 Å². The molecule has 7 atom stereocenters. The molecular formula is C29H26N2O5. The summed E-state index contributed by atoms with van der Waals surface area (Å²) < 4.78 is 5.64. The number of carbonyl (C=O) groups is 4. The van der Waals surface area contributed by atoms with Gasteiger partial charge in [-0.25, -0.2) is 4.90 Å². The third-order valence-electron chi connectivity index (χ3n) is 8.73. The van der Waals surface area contributed by atoms with Gasteiger partial charge in [-0.1, -0.05) is 30.4 Å². The van der Waals surface area contributed by atoms with E-state index in [4.69, 9.17) is 4.74 Å². The van der Waals surface area contributed by atoms with E-state index in [9.17, 15) is 19.2 Å². The highest BCUT2D eigenvalue weighted by atomic mass is 16.5. The first-order chi connectivity index (χ1) is 17.4. The second kappa shape index (κ2) is 7.63. The molecular weight excluding hydrogens is 456 g/mol. The number of carbonyl (C=O) groups excluding carboxylic acids is 4. The lowest BCUT2D eigenvalue weighted by Gasteiger charge is -2.37. The molecule has 2 heterocycles. The van der Waals surface area contributed by atoms with Crippen LogP contribution in [0.15, 0.2) is 60.7 Å². The first kappa shape index (κ1) is 21.5. The van der Waals surface area contributed by atoms with Crippen molar-refractivity contribution in [1.82, 2.24) is 0 Å². The lowest BCUT2D eigenvalue weighted by Crippen LogP contribution is -2.40. The number of benzene rings is 2. The molecule has 3 amide bonds. The smallest absolute Gasteiger partial charge is 0.316 e. The van der Waals surface area contributed by atoms with E-state index in [1.165, 1.54) is 4.90 Å². The van der Waals surface area contributed by atoms with Crippen LogP contribution in [0.1, 0.15) is 18.4 Å². The SMILES string of the molecule is Cc1cccc(N2C[C@H](C(=O)Oc3cccc(N4C(=O)[C@@H]5[C@H]6C=C[C@@H]([C@@H]7C[C@@H]67)[C@@H]5C4=O)c3)CC2=O)c1. The van der Waals surface area contributed by atoms with Crippen LogP contribution in [0.5, 0.6) is 5.75 Å². The number of allylic oxidation sites excluding steroid dienone is 2. The maximum absolute atomic E-state index is 13.4. The summed E-state index contributed by atoms with van der Waals surface area (Å²) in [5, 5.41) is 0. The number of amides is 3. The zero-order chi connectivity index (χ0) is 24.7. The normalized spacial score (nSPS) is 33.7. The lowest BCUT2D eigenvalue weighted by atomic mass is 9.63. The van der Waals surface area contributed by atoms with Crippen LogP contribution in [0.4, 0.5) is 11.4 Å². The molecule has 6 aliphatic rings. The minimum atomic E-state index is -0.590. The maximum Gasteiger partial charge on any atom is 0.316 e. The van der Waals surface area contributed by atoms with Gasteiger partial charge in [-0.3, -0.25) is 19.2 Å². The number of aryl methyl sites for hydroxylation is 1. The number of nitrogens with zero attached hydrogens (tertiary/aromatic N) is 2. The van der Waals surface area contributed by atoms with Crippen LogP contribution in [0.3, 0.4) is 0 Å². The molecule has 0 radical (unpaired) electrons. The van der Waals surface area contributed by atoms with Crippen molar-refractivity contribution < 1.29 is 23.9 Å². The third kappa shape index (κ3) is 3.11. The molecule has 2 saturated carbocycles. The van der Waals surface area contributed by atoms with Crippen molar-refractivity contribution in [2.45, 2.75) is 19.8 Å². The van der Waals surface area contributed by atoms with Gasteiger partial charge in [0.15, 0.2) is 0 Å². The highest BCUT2D eigenvalue weighted by molar-refractivity contribution is 6.22. The number of esters is 1. The van der Waals surface area contributed by atoms with Crippen molar-refractivity contribution in [3.8, 4) is 5.75 Å². The summed E-state index contributed by atoms with van der Waals surface area (Å²) in [5.74, 6) is -0.392. The molecule has 0 N–H and O–H groups in total. The number of imide groups is 1. The largest absolute Gasteiger partial charge is 0.426 e. The van der Waals surface area contributed by atoms with Gasteiger partial charge < -0.3 is 9.64 Å². The van der Waals surface area contributed by atoms with Gasteiger partial charge in [-0.05, 0) is 66.8 Å². The predicted molar refractivity (Wildman–Crippen MR) is 131 cm³/mol. The Kier molecular flexibility index (Phi) is 4.56. The molecule has 2 saturated heterocycles. The Morgan fingerprint density at radius 2 is 1.56 bits per heavy atom. The summed E-state index contributed by atoms with van der Waals surface area (Å²) in [6.45, 7) is 2.21. The second-order valence-electron chi connectivity index (χ2n) is 10.8. The molecule has 8 rings (SSSR count). The van der Waals surface area contributed by atoms with Crippen molar-refractivity contribution in [3.63, 3.8) is 0 Å². The fourth-order valence-electron chi connectivity index (χ4n) is 7.01. The van der Waals surface area contributed by atoms with E-state index >= 15 is 0 Å². The molecule has 0 unspecified atom stereocenters. The Morgan fingerprint density at radius 1 is 0.889 bits per heavy atom. The van der Waals surface area contributed by atoms with E-state index < -0.39 is 11.9 Å². The summed E-state index contributed by atoms with van der Waals surface area (Å²) in [7, 11) is 0. The molecule has 2 aliphatic heterocycles. The lowest BCUT2D eigenvalue weighted by molar-refractivity contribution is -0.139. The Hall–Kier alpha value is -3.74. The van der Waals surface area contributed by atoms with E-state index in [2.05, 4.69) is 12.2 Å². The first-order valence-corrected chi connectivity index (χ1v) is 12.7. The highest BCUT2D eigenvalue weighted by Crippen LogP contribution is 2.65. The second-order valence-corrected chi connectivity index (χ2v) is 10.8. The standard InChI is InChI=1S/C29H26N2O5/c1-15-4-2-5-17(10-15)30-14-16(11-24(30)32)29(35)36-19-7-3-6-18(12-19)31-27(33)25-20-8-9-21(23-13-22(20)23)26(25)28(31)34/h2-10,12,16,20-23,25-26H,11,13-14H2,1H3/t16-,20+,21+,22+,23+,25-,26+/m1/s1. The summed E-state index contributed by atoms with van der Waals surface area (Å²) in [6.07, 6.45) is 5.50. The van der Waals surface area contributed by atoms with Crippen LogP contribution in [-0.2, 0) is 19.2 Å². The third-order valence-corrected chi connectivity index (χ3v) is 8.73. The molecule has 2 aromatic carbocycles. The van der Waals surface area contributed by atoms with Crippen molar-refractivity contribution in [2.75, 3.05) is 16.3 Å². The summed E-state index contributed by atoms with van der Waals surface area (Å²) >= 11 is 0. The zero-order valence-corrected chi connectivity index (χ0v) is 19.9. The average Bonchev–Trinajstić information content (AvgIpc) is 3.54. The van der Waals surface area contributed by atoms with E-state index in [1.54, 1.807) is 29.2 Å². The van der Waals surface area contributed by atoms with Gasteiger partial charge in [0.05, 0.1) is 23.4 Å². The van der Waals surface area contributed by atoms with Crippen LogP contribution >= 0.6 is 0 Å². The van der Waals surface area contributed by atoms with Crippen molar-refractivity contribution in [3.05, 3.63) is 66.2 Å². The summed E-state index contributed by atoms with van der Waals surface area (Å²) in [4.78, 5) is 55.2. The maximum atomic E-state index is 13.4. The van der Waals surface area contributed by atoms with Gasteiger partial charge in [0, 0.05) is 24.7 Å². The quantitative estimate of drug-likeness (QED) is 0.288. The Balaban J connectivity index is 1.08. The molecule has 4 fully saturated rings. The topological polar surface area (TPSA) is 84.0 Å². The number of hydrogen-bond donors (Lipinski definition) is 0. The number of rotatable bonds is 4. The van der Waals surface area contributed by atoms with E-state index in [0.29, 0.717) is 17.5 Å². The fraction of sp³-hybridized carbons (Fsp3) is 0.379. The van der Waals surface area contributed by atoms with Crippen LogP contribution in [0.25, 0.3) is 0 Å². The van der Waals surface area contributed by atoms with Crippen molar-refractivity contribution in [1.29, 1.82) is 0 Å². The molecule has 2 aromatic rings. The Labute approximate surface area is 208 Å². The van der Waals surface area contributed by atoms with Gasteiger partial charge >= 0.3 is 5.97 Å². The number of ether oxygens (including phenoxy) is 1. The number of hydrogen-bond acceptors (Lipinski definition) is 5. The van der Waals surface area contributed by atoms with E-state index in [0.717, 1.165) is 17.7 Å². The van der Waals surface area contributed by atoms with Gasteiger partial charge in [-0.15, -0.1) is 0 Å². The van der Waals surface area contributed by atoms with Crippen molar-refractivity contribution >= 4 is 35.1 Å². The fourth-order valence-corrected chi connectivity index (χ4v) is 7.01. The molecule has 0 spiro atoms. The molecule has 182 valence electrons. The van der Waals surface area contributed by atoms with Gasteiger partial charge in [0.2, 0.25) is 17.7 Å². The molecule has 0 aromatic heterocycles. The molecule has 7 nitrogen and oxygen atoms in total. The first-order valence-electron chi connectivity index (χ1n) is 12.7. The van der Waals surface area contributed by atoms with Crippen LogP contribution in [-0.4, -0.2) is 30.2 Å².